The van der Waals surface area contributed by atoms with E-state index in [0.29, 0.717) is 19.7 Å². The van der Waals surface area contributed by atoms with Crippen LogP contribution in [0.3, 0.4) is 0 Å². The summed E-state index contributed by atoms with van der Waals surface area (Å²) in [6.45, 7) is 7.26. The molecule has 0 saturated carbocycles. The van der Waals surface area contributed by atoms with Crippen LogP contribution in [0, 0.1) is 0 Å². The molecule has 2 fully saturated rings. The van der Waals surface area contributed by atoms with Crippen molar-refractivity contribution in [3.8, 4) is 0 Å². The van der Waals surface area contributed by atoms with Gasteiger partial charge < -0.3 is 19.3 Å². The lowest BCUT2D eigenvalue weighted by Crippen LogP contribution is -2.62. The fourth-order valence-electron chi connectivity index (χ4n) is 2.36. The maximum atomic E-state index is 12.2. The molecule has 6 heteroatoms. The minimum Gasteiger partial charge on any atom is -0.444 e. The zero-order valence-electron chi connectivity index (χ0n) is 12.7. The number of hydrogen-bond donors (Lipinski definition) is 0. The van der Waals surface area contributed by atoms with E-state index in [1.54, 1.807) is 16.8 Å². The molecule has 0 N–H and O–H groups in total. The molecule has 20 heavy (non-hydrogen) atoms. The SMILES string of the molecule is CN(C(=O)[C@H]1CCCO1)C1CN(C(=O)OC(C)(C)C)C1. The minimum atomic E-state index is -0.485. The average Bonchev–Trinajstić information content (AvgIpc) is 2.76. The van der Waals surface area contributed by atoms with Crippen LogP contribution in [-0.4, -0.2) is 66.3 Å². The van der Waals surface area contributed by atoms with Crippen LogP contribution in [-0.2, 0) is 14.3 Å². The van der Waals surface area contributed by atoms with Crippen molar-refractivity contribution < 1.29 is 19.1 Å². The maximum Gasteiger partial charge on any atom is 0.410 e. The fraction of sp³-hybridized carbons (Fsp3) is 0.857. The molecule has 2 saturated heterocycles. The second-order valence-electron chi connectivity index (χ2n) is 6.49. The van der Waals surface area contributed by atoms with Gasteiger partial charge in [0.05, 0.1) is 6.04 Å². The molecule has 0 aromatic carbocycles. The molecule has 0 unspecified atom stereocenters. The van der Waals surface area contributed by atoms with Gasteiger partial charge in [0.25, 0.3) is 5.91 Å². The van der Waals surface area contributed by atoms with Gasteiger partial charge in [0, 0.05) is 26.7 Å². The highest BCUT2D eigenvalue weighted by Gasteiger charge is 2.39. The Bertz CT molecular complexity index is 379. The Labute approximate surface area is 120 Å². The topological polar surface area (TPSA) is 59.1 Å². The van der Waals surface area contributed by atoms with Gasteiger partial charge in [0.2, 0.25) is 0 Å². The quantitative estimate of drug-likeness (QED) is 0.765. The average molecular weight is 284 g/mol. The summed E-state index contributed by atoms with van der Waals surface area (Å²) in [5, 5.41) is 0. The van der Waals surface area contributed by atoms with Crippen LogP contribution in [0.5, 0.6) is 0 Å². The highest BCUT2D eigenvalue weighted by molar-refractivity contribution is 5.81. The Morgan fingerprint density at radius 3 is 2.45 bits per heavy atom. The molecule has 1 atom stereocenters. The Kier molecular flexibility index (Phi) is 4.22. The number of carbonyl (C=O) groups excluding carboxylic acids is 2. The Morgan fingerprint density at radius 2 is 1.95 bits per heavy atom. The predicted octanol–water partition coefficient (Wildman–Crippen LogP) is 1.24. The van der Waals surface area contributed by atoms with Gasteiger partial charge in [-0.3, -0.25) is 4.79 Å². The number of ether oxygens (including phenoxy) is 2. The summed E-state index contributed by atoms with van der Waals surface area (Å²) in [5.74, 6) is 0.0244. The molecule has 2 aliphatic heterocycles. The van der Waals surface area contributed by atoms with Gasteiger partial charge in [0.1, 0.15) is 11.7 Å². The summed E-state index contributed by atoms with van der Waals surface area (Å²) in [4.78, 5) is 27.3. The number of carbonyl (C=O) groups is 2. The first-order chi connectivity index (χ1) is 9.28. The summed E-state index contributed by atoms with van der Waals surface area (Å²) in [7, 11) is 1.78. The number of hydrogen-bond acceptors (Lipinski definition) is 4. The third-order valence-corrected chi connectivity index (χ3v) is 3.61. The molecule has 114 valence electrons. The zero-order chi connectivity index (χ0) is 14.9. The predicted molar refractivity (Wildman–Crippen MR) is 73.3 cm³/mol. The van der Waals surface area contributed by atoms with Gasteiger partial charge in [-0.15, -0.1) is 0 Å². The molecule has 2 heterocycles. The number of nitrogens with zero attached hydrogens (tertiary/aromatic N) is 2. The first-order valence-corrected chi connectivity index (χ1v) is 7.14. The fourth-order valence-corrected chi connectivity index (χ4v) is 2.36. The molecule has 2 amide bonds. The second-order valence-corrected chi connectivity index (χ2v) is 6.49. The van der Waals surface area contributed by atoms with Gasteiger partial charge in [-0.25, -0.2) is 4.79 Å². The van der Waals surface area contributed by atoms with Crippen molar-refractivity contribution >= 4 is 12.0 Å². The lowest BCUT2D eigenvalue weighted by atomic mass is 10.1. The molecule has 6 nitrogen and oxygen atoms in total. The van der Waals surface area contributed by atoms with Crippen molar-refractivity contribution in [3.05, 3.63) is 0 Å². The van der Waals surface area contributed by atoms with Crippen molar-refractivity contribution in [3.63, 3.8) is 0 Å². The summed E-state index contributed by atoms with van der Waals surface area (Å²) in [6, 6.07) is 0.0687. The second kappa shape index (κ2) is 5.60. The van der Waals surface area contributed by atoms with Crippen molar-refractivity contribution in [2.75, 3.05) is 26.7 Å². The molecule has 2 aliphatic rings. The van der Waals surface area contributed by atoms with Gasteiger partial charge in [-0.05, 0) is 33.6 Å². The Hall–Kier alpha value is -1.30. The van der Waals surface area contributed by atoms with Crippen LogP contribution in [0.15, 0.2) is 0 Å². The Balaban J connectivity index is 1.77. The van der Waals surface area contributed by atoms with E-state index in [1.807, 2.05) is 20.8 Å². The summed E-state index contributed by atoms with van der Waals surface area (Å²) < 4.78 is 10.7. The van der Waals surface area contributed by atoms with Crippen molar-refractivity contribution in [1.29, 1.82) is 0 Å². The van der Waals surface area contributed by atoms with E-state index in [1.165, 1.54) is 0 Å². The number of amides is 2. The van der Waals surface area contributed by atoms with E-state index in [-0.39, 0.29) is 24.1 Å². The van der Waals surface area contributed by atoms with Crippen LogP contribution >= 0.6 is 0 Å². The zero-order valence-corrected chi connectivity index (χ0v) is 12.7. The van der Waals surface area contributed by atoms with E-state index < -0.39 is 5.60 Å². The normalized spacial score (nSPS) is 23.4. The molecule has 0 spiro atoms. The van der Waals surface area contributed by atoms with Crippen LogP contribution < -0.4 is 0 Å². The third-order valence-electron chi connectivity index (χ3n) is 3.61. The van der Waals surface area contributed by atoms with E-state index >= 15 is 0 Å². The molecule has 0 radical (unpaired) electrons. The standard InChI is InChI=1S/C14H24N2O4/c1-14(2,3)20-13(18)16-8-10(9-16)15(4)12(17)11-6-5-7-19-11/h10-11H,5-9H2,1-4H3/t11-/m1/s1. The largest absolute Gasteiger partial charge is 0.444 e. The van der Waals surface area contributed by atoms with Crippen LogP contribution in [0.1, 0.15) is 33.6 Å². The molecule has 2 rings (SSSR count). The maximum absolute atomic E-state index is 12.2. The third kappa shape index (κ3) is 3.42. The first-order valence-electron chi connectivity index (χ1n) is 7.14. The van der Waals surface area contributed by atoms with Gasteiger partial charge in [0.15, 0.2) is 0 Å². The number of likely N-dealkylation sites (tertiary alicyclic amines) is 1. The van der Waals surface area contributed by atoms with E-state index in [2.05, 4.69) is 0 Å². The van der Waals surface area contributed by atoms with Gasteiger partial charge in [-0.1, -0.05) is 0 Å². The van der Waals surface area contributed by atoms with Crippen LogP contribution in [0.25, 0.3) is 0 Å². The smallest absolute Gasteiger partial charge is 0.410 e. The summed E-state index contributed by atoms with van der Waals surface area (Å²) in [6.07, 6.45) is 1.13. The highest BCUT2D eigenvalue weighted by Crippen LogP contribution is 2.21. The molecular weight excluding hydrogens is 260 g/mol. The van der Waals surface area contributed by atoms with E-state index in [0.717, 1.165) is 12.8 Å². The summed E-state index contributed by atoms with van der Waals surface area (Å²) in [5.41, 5.74) is -0.485. The van der Waals surface area contributed by atoms with E-state index in [9.17, 15) is 9.59 Å². The van der Waals surface area contributed by atoms with Gasteiger partial charge >= 0.3 is 6.09 Å². The Morgan fingerprint density at radius 1 is 1.30 bits per heavy atom. The molecule has 0 aromatic rings. The molecule has 0 aromatic heterocycles. The highest BCUT2D eigenvalue weighted by atomic mass is 16.6. The van der Waals surface area contributed by atoms with Crippen LogP contribution in [0.2, 0.25) is 0 Å². The van der Waals surface area contributed by atoms with Crippen molar-refractivity contribution in [1.82, 2.24) is 9.80 Å². The summed E-state index contributed by atoms with van der Waals surface area (Å²) >= 11 is 0. The lowest BCUT2D eigenvalue weighted by molar-refractivity contribution is -0.144. The van der Waals surface area contributed by atoms with Gasteiger partial charge in [-0.2, -0.15) is 0 Å². The monoisotopic (exact) mass is 284 g/mol. The molecule has 0 bridgehead atoms. The number of likely N-dealkylation sites (N-methyl/N-ethyl adjacent to an activating group) is 1. The van der Waals surface area contributed by atoms with Crippen molar-refractivity contribution in [2.24, 2.45) is 0 Å². The van der Waals surface area contributed by atoms with Crippen molar-refractivity contribution in [2.45, 2.75) is 51.4 Å². The number of rotatable bonds is 2. The molecular formula is C14H24N2O4. The lowest BCUT2D eigenvalue weighted by Gasteiger charge is -2.44. The van der Waals surface area contributed by atoms with Crippen LogP contribution in [0.4, 0.5) is 4.79 Å². The molecule has 0 aliphatic carbocycles. The minimum absolute atomic E-state index is 0.0244. The first kappa shape index (κ1) is 15.1. The van der Waals surface area contributed by atoms with E-state index in [4.69, 9.17) is 9.47 Å².